The maximum absolute atomic E-state index is 13.2. The van der Waals surface area contributed by atoms with E-state index >= 15 is 0 Å². The molecule has 2 aromatic rings. The number of nitrogens with zero attached hydrogens (tertiary/aromatic N) is 2. The fraction of sp³-hybridized carbons (Fsp3) is 0.400. The highest BCUT2D eigenvalue weighted by Gasteiger charge is 2.30. The third-order valence-electron chi connectivity index (χ3n) is 4.90. The van der Waals surface area contributed by atoms with Gasteiger partial charge in [0.05, 0.1) is 19.1 Å². The predicted octanol–water partition coefficient (Wildman–Crippen LogP) is 2.83. The summed E-state index contributed by atoms with van der Waals surface area (Å²) in [5, 5.41) is 0. The zero-order chi connectivity index (χ0) is 19.6. The third kappa shape index (κ3) is 3.89. The number of methoxy groups -OCH3 is 2. The summed E-state index contributed by atoms with van der Waals surface area (Å²) in [6.45, 7) is 6.06. The largest absolute Gasteiger partial charge is 0.493 e. The molecule has 146 valence electrons. The van der Waals surface area contributed by atoms with Crippen LogP contribution in [0.3, 0.4) is 0 Å². The number of piperazine rings is 1. The molecule has 0 unspecified atom stereocenters. The molecule has 0 aliphatic carbocycles. The van der Waals surface area contributed by atoms with E-state index in [-0.39, 0.29) is 4.90 Å². The summed E-state index contributed by atoms with van der Waals surface area (Å²) in [4.78, 5) is 2.49. The Morgan fingerprint density at radius 3 is 2.11 bits per heavy atom. The maximum atomic E-state index is 13.2. The molecule has 3 rings (SSSR count). The Kier molecular flexibility index (Phi) is 5.62. The van der Waals surface area contributed by atoms with Crippen LogP contribution in [0.25, 0.3) is 0 Å². The topological polar surface area (TPSA) is 59.1 Å². The predicted molar refractivity (Wildman–Crippen MR) is 106 cm³/mol. The van der Waals surface area contributed by atoms with Gasteiger partial charge in [-0.15, -0.1) is 0 Å². The van der Waals surface area contributed by atoms with Gasteiger partial charge in [-0.05, 0) is 43.2 Å². The summed E-state index contributed by atoms with van der Waals surface area (Å²) in [6.07, 6.45) is 0. The van der Waals surface area contributed by atoms with Crippen LogP contribution in [-0.2, 0) is 10.0 Å². The molecule has 0 N–H and O–H groups in total. The van der Waals surface area contributed by atoms with Crippen LogP contribution in [0.1, 0.15) is 11.1 Å². The van der Waals surface area contributed by atoms with E-state index in [1.54, 1.807) is 23.4 Å². The second kappa shape index (κ2) is 7.78. The van der Waals surface area contributed by atoms with Crippen molar-refractivity contribution in [3.8, 4) is 11.5 Å². The van der Waals surface area contributed by atoms with E-state index in [2.05, 4.69) is 30.0 Å². The Hall–Kier alpha value is -2.25. The van der Waals surface area contributed by atoms with E-state index < -0.39 is 10.0 Å². The van der Waals surface area contributed by atoms with Gasteiger partial charge in [0.1, 0.15) is 0 Å². The molecule has 7 heteroatoms. The van der Waals surface area contributed by atoms with Crippen LogP contribution < -0.4 is 14.4 Å². The summed E-state index contributed by atoms with van der Waals surface area (Å²) < 4.78 is 38.5. The van der Waals surface area contributed by atoms with Gasteiger partial charge in [-0.2, -0.15) is 4.31 Å². The van der Waals surface area contributed by atoms with Crippen molar-refractivity contribution in [2.45, 2.75) is 18.7 Å². The number of ether oxygens (including phenoxy) is 2. The zero-order valence-corrected chi connectivity index (χ0v) is 17.0. The van der Waals surface area contributed by atoms with E-state index in [4.69, 9.17) is 9.47 Å². The molecule has 0 radical (unpaired) electrons. The van der Waals surface area contributed by atoms with E-state index in [1.807, 2.05) is 6.07 Å². The van der Waals surface area contributed by atoms with Crippen LogP contribution >= 0.6 is 0 Å². The first-order valence-corrected chi connectivity index (χ1v) is 10.3. The lowest BCUT2D eigenvalue weighted by atomic mass is 10.2. The number of benzene rings is 2. The molecule has 1 fully saturated rings. The number of aryl methyl sites for hydroxylation is 2. The molecule has 1 aliphatic rings. The molecule has 2 aromatic carbocycles. The van der Waals surface area contributed by atoms with Gasteiger partial charge in [0.25, 0.3) is 0 Å². The maximum Gasteiger partial charge on any atom is 0.243 e. The monoisotopic (exact) mass is 390 g/mol. The van der Waals surface area contributed by atoms with Crippen LogP contribution in [0.5, 0.6) is 11.5 Å². The molecule has 0 aromatic heterocycles. The first-order valence-electron chi connectivity index (χ1n) is 8.91. The first-order chi connectivity index (χ1) is 12.9. The van der Waals surface area contributed by atoms with Gasteiger partial charge < -0.3 is 14.4 Å². The molecule has 0 saturated carbocycles. The minimum atomic E-state index is -3.59. The first kappa shape index (κ1) is 19.5. The van der Waals surface area contributed by atoms with Crippen LogP contribution in [0, 0.1) is 13.8 Å². The minimum absolute atomic E-state index is 0.268. The Bertz CT molecular complexity index is 920. The van der Waals surface area contributed by atoms with Crippen LogP contribution in [0.15, 0.2) is 41.3 Å². The fourth-order valence-electron chi connectivity index (χ4n) is 3.39. The lowest BCUT2D eigenvalue weighted by Crippen LogP contribution is -2.48. The second-order valence-electron chi connectivity index (χ2n) is 6.70. The smallest absolute Gasteiger partial charge is 0.243 e. The molecule has 0 bridgehead atoms. The Morgan fingerprint density at radius 2 is 1.52 bits per heavy atom. The van der Waals surface area contributed by atoms with Gasteiger partial charge in [0, 0.05) is 37.9 Å². The number of sulfonamides is 1. The SMILES string of the molecule is COc1cc(C)c(S(=O)(=O)N2CCN(c3cccc(C)c3)CC2)cc1OC. The number of hydrogen-bond acceptors (Lipinski definition) is 5. The quantitative estimate of drug-likeness (QED) is 0.786. The van der Waals surface area contributed by atoms with Crippen molar-refractivity contribution in [1.29, 1.82) is 0 Å². The van der Waals surface area contributed by atoms with Crippen LogP contribution in [-0.4, -0.2) is 53.1 Å². The summed E-state index contributed by atoms with van der Waals surface area (Å²) in [5.41, 5.74) is 2.98. The van der Waals surface area contributed by atoms with E-state index in [0.717, 1.165) is 5.69 Å². The normalized spacial score (nSPS) is 15.6. The molecule has 27 heavy (non-hydrogen) atoms. The summed E-state index contributed by atoms with van der Waals surface area (Å²) in [5.74, 6) is 0.943. The Morgan fingerprint density at radius 1 is 0.889 bits per heavy atom. The average molecular weight is 391 g/mol. The molecule has 1 heterocycles. The minimum Gasteiger partial charge on any atom is -0.493 e. The average Bonchev–Trinajstić information content (AvgIpc) is 2.67. The van der Waals surface area contributed by atoms with Crippen molar-refractivity contribution in [2.75, 3.05) is 45.3 Å². The van der Waals surface area contributed by atoms with Gasteiger partial charge in [-0.1, -0.05) is 12.1 Å². The van der Waals surface area contributed by atoms with Crippen molar-refractivity contribution < 1.29 is 17.9 Å². The van der Waals surface area contributed by atoms with E-state index in [9.17, 15) is 8.42 Å². The van der Waals surface area contributed by atoms with Crippen molar-refractivity contribution in [3.63, 3.8) is 0 Å². The van der Waals surface area contributed by atoms with E-state index in [1.165, 1.54) is 19.8 Å². The molecule has 0 amide bonds. The number of hydrogen-bond donors (Lipinski definition) is 0. The van der Waals surface area contributed by atoms with Crippen molar-refractivity contribution in [2.24, 2.45) is 0 Å². The van der Waals surface area contributed by atoms with Gasteiger partial charge in [0.15, 0.2) is 11.5 Å². The second-order valence-corrected chi connectivity index (χ2v) is 8.61. The summed E-state index contributed by atoms with van der Waals surface area (Å²) in [7, 11) is -0.551. The molecule has 1 aliphatic heterocycles. The summed E-state index contributed by atoms with van der Waals surface area (Å²) in [6, 6.07) is 11.5. The Labute approximate surface area is 161 Å². The van der Waals surface area contributed by atoms with Gasteiger partial charge >= 0.3 is 0 Å². The summed E-state index contributed by atoms with van der Waals surface area (Å²) >= 11 is 0. The molecular weight excluding hydrogens is 364 g/mol. The van der Waals surface area contributed by atoms with Crippen LogP contribution in [0.4, 0.5) is 5.69 Å². The number of anilines is 1. The van der Waals surface area contributed by atoms with Crippen molar-refractivity contribution in [3.05, 3.63) is 47.5 Å². The molecule has 0 atom stereocenters. The lowest BCUT2D eigenvalue weighted by Gasteiger charge is -2.35. The molecule has 6 nitrogen and oxygen atoms in total. The highest BCUT2D eigenvalue weighted by atomic mass is 32.2. The highest BCUT2D eigenvalue weighted by molar-refractivity contribution is 7.89. The van der Waals surface area contributed by atoms with Crippen molar-refractivity contribution in [1.82, 2.24) is 4.31 Å². The lowest BCUT2D eigenvalue weighted by molar-refractivity contribution is 0.352. The molecule has 0 spiro atoms. The third-order valence-corrected chi connectivity index (χ3v) is 6.95. The van der Waals surface area contributed by atoms with E-state index in [0.29, 0.717) is 43.2 Å². The standard InChI is InChI=1S/C20H26N2O4S/c1-15-6-5-7-17(12-15)21-8-10-22(11-9-21)27(23,24)20-14-19(26-4)18(25-3)13-16(20)2/h5-7,12-14H,8-11H2,1-4H3. The highest BCUT2D eigenvalue weighted by Crippen LogP contribution is 2.34. The molecular formula is C20H26N2O4S. The number of rotatable bonds is 5. The van der Waals surface area contributed by atoms with Gasteiger partial charge in [-0.25, -0.2) is 8.42 Å². The van der Waals surface area contributed by atoms with Crippen LogP contribution in [0.2, 0.25) is 0 Å². The molecule has 1 saturated heterocycles. The van der Waals surface area contributed by atoms with Gasteiger partial charge in [0.2, 0.25) is 10.0 Å². The fourth-order valence-corrected chi connectivity index (χ4v) is 5.03. The van der Waals surface area contributed by atoms with Gasteiger partial charge in [-0.3, -0.25) is 0 Å². The Balaban J connectivity index is 1.81. The zero-order valence-electron chi connectivity index (χ0n) is 16.2. The van der Waals surface area contributed by atoms with Crippen molar-refractivity contribution >= 4 is 15.7 Å².